The Balaban J connectivity index is 1.95. The van der Waals surface area contributed by atoms with Crippen molar-refractivity contribution in [1.82, 2.24) is 4.98 Å². The normalized spacial score (nSPS) is 10.3. The SMILES string of the molecule is CNc1ccc(Cl)c(COCc2cccc(OC)c2)n1. The van der Waals surface area contributed by atoms with E-state index in [-0.39, 0.29) is 0 Å². The Morgan fingerprint density at radius 1 is 1.20 bits per heavy atom. The second-order valence-electron chi connectivity index (χ2n) is 4.22. The summed E-state index contributed by atoms with van der Waals surface area (Å²) >= 11 is 6.09. The van der Waals surface area contributed by atoms with E-state index in [1.807, 2.05) is 43.4 Å². The highest BCUT2D eigenvalue weighted by atomic mass is 35.5. The van der Waals surface area contributed by atoms with Crippen molar-refractivity contribution in [1.29, 1.82) is 0 Å². The smallest absolute Gasteiger partial charge is 0.126 e. The van der Waals surface area contributed by atoms with Crippen molar-refractivity contribution in [2.75, 3.05) is 19.5 Å². The first-order chi connectivity index (χ1) is 9.72. The third-order valence-electron chi connectivity index (χ3n) is 2.82. The molecule has 106 valence electrons. The Bertz CT molecular complexity index is 576. The van der Waals surface area contributed by atoms with Crippen LogP contribution >= 0.6 is 11.6 Å². The summed E-state index contributed by atoms with van der Waals surface area (Å²) in [4.78, 5) is 4.36. The number of nitrogens with one attached hydrogen (secondary N) is 1. The zero-order valence-electron chi connectivity index (χ0n) is 11.5. The maximum atomic E-state index is 6.09. The number of aromatic nitrogens is 1. The fourth-order valence-electron chi connectivity index (χ4n) is 1.75. The second-order valence-corrected chi connectivity index (χ2v) is 4.63. The number of rotatable bonds is 6. The molecule has 0 radical (unpaired) electrons. The molecule has 1 N–H and O–H groups in total. The Morgan fingerprint density at radius 2 is 2.05 bits per heavy atom. The maximum absolute atomic E-state index is 6.09. The number of nitrogens with zero attached hydrogens (tertiary/aromatic N) is 1. The number of methoxy groups -OCH3 is 1. The Hall–Kier alpha value is -1.78. The molecule has 4 nitrogen and oxygen atoms in total. The fourth-order valence-corrected chi connectivity index (χ4v) is 1.91. The molecular formula is C15H17ClN2O2. The number of hydrogen-bond acceptors (Lipinski definition) is 4. The molecule has 0 fully saturated rings. The first-order valence-corrected chi connectivity index (χ1v) is 6.64. The van der Waals surface area contributed by atoms with E-state index >= 15 is 0 Å². The van der Waals surface area contributed by atoms with E-state index in [4.69, 9.17) is 21.1 Å². The Morgan fingerprint density at radius 3 is 2.80 bits per heavy atom. The van der Waals surface area contributed by atoms with Gasteiger partial charge in [-0.05, 0) is 29.8 Å². The lowest BCUT2D eigenvalue weighted by Gasteiger charge is -2.08. The van der Waals surface area contributed by atoms with Crippen molar-refractivity contribution in [3.8, 4) is 5.75 Å². The van der Waals surface area contributed by atoms with Crippen LogP contribution in [0.1, 0.15) is 11.3 Å². The summed E-state index contributed by atoms with van der Waals surface area (Å²) in [6, 6.07) is 11.4. The van der Waals surface area contributed by atoms with Crippen LogP contribution in [0.15, 0.2) is 36.4 Å². The molecule has 0 saturated carbocycles. The summed E-state index contributed by atoms with van der Waals surface area (Å²) in [6.07, 6.45) is 0. The van der Waals surface area contributed by atoms with Gasteiger partial charge in [0.1, 0.15) is 11.6 Å². The second kappa shape index (κ2) is 7.12. The predicted molar refractivity (Wildman–Crippen MR) is 80.3 cm³/mol. The molecule has 0 spiro atoms. The van der Waals surface area contributed by atoms with E-state index in [2.05, 4.69) is 10.3 Å². The minimum absolute atomic E-state index is 0.367. The molecule has 0 aliphatic rings. The third kappa shape index (κ3) is 3.85. The summed E-state index contributed by atoms with van der Waals surface area (Å²) in [5, 5.41) is 3.58. The van der Waals surface area contributed by atoms with Crippen molar-refractivity contribution in [3.05, 3.63) is 52.7 Å². The molecule has 2 aromatic rings. The quantitative estimate of drug-likeness (QED) is 0.885. The minimum atomic E-state index is 0.367. The highest BCUT2D eigenvalue weighted by molar-refractivity contribution is 6.31. The van der Waals surface area contributed by atoms with Gasteiger partial charge in [-0.2, -0.15) is 0 Å². The Labute approximate surface area is 123 Å². The molecule has 1 aromatic heterocycles. The Kier molecular flexibility index (Phi) is 5.21. The number of ether oxygens (including phenoxy) is 2. The molecule has 0 bridgehead atoms. The van der Waals surface area contributed by atoms with E-state index in [1.54, 1.807) is 7.11 Å². The van der Waals surface area contributed by atoms with Crippen LogP contribution in [0.4, 0.5) is 5.82 Å². The van der Waals surface area contributed by atoms with Gasteiger partial charge in [0.25, 0.3) is 0 Å². The van der Waals surface area contributed by atoms with Gasteiger partial charge < -0.3 is 14.8 Å². The summed E-state index contributed by atoms with van der Waals surface area (Å²) in [7, 11) is 3.46. The first kappa shape index (κ1) is 14.6. The molecule has 2 rings (SSSR count). The lowest BCUT2D eigenvalue weighted by molar-refractivity contribution is 0.104. The van der Waals surface area contributed by atoms with E-state index < -0.39 is 0 Å². The van der Waals surface area contributed by atoms with Gasteiger partial charge in [-0.15, -0.1) is 0 Å². The van der Waals surface area contributed by atoms with Crippen molar-refractivity contribution in [2.45, 2.75) is 13.2 Å². The van der Waals surface area contributed by atoms with E-state index in [0.29, 0.717) is 18.2 Å². The van der Waals surface area contributed by atoms with Crippen LogP contribution in [0.25, 0.3) is 0 Å². The van der Waals surface area contributed by atoms with Crippen molar-refractivity contribution >= 4 is 17.4 Å². The van der Waals surface area contributed by atoms with E-state index in [9.17, 15) is 0 Å². The molecule has 1 aromatic carbocycles. The summed E-state index contributed by atoms with van der Waals surface area (Å²) in [6.45, 7) is 0.852. The van der Waals surface area contributed by atoms with Crippen LogP contribution in [0.5, 0.6) is 5.75 Å². The minimum Gasteiger partial charge on any atom is -0.497 e. The average molecular weight is 293 g/mol. The van der Waals surface area contributed by atoms with Gasteiger partial charge in [-0.3, -0.25) is 0 Å². The lowest BCUT2D eigenvalue weighted by Crippen LogP contribution is -2.00. The number of halogens is 1. The fraction of sp³-hybridized carbons (Fsp3) is 0.267. The van der Waals surface area contributed by atoms with Crippen LogP contribution in [-0.4, -0.2) is 19.1 Å². The molecular weight excluding hydrogens is 276 g/mol. The van der Waals surface area contributed by atoms with Crippen LogP contribution in [0, 0.1) is 0 Å². The number of anilines is 1. The summed E-state index contributed by atoms with van der Waals surface area (Å²) in [5.74, 6) is 1.59. The van der Waals surface area contributed by atoms with Crippen LogP contribution in [0.3, 0.4) is 0 Å². The van der Waals surface area contributed by atoms with Gasteiger partial charge in [0, 0.05) is 7.05 Å². The van der Waals surface area contributed by atoms with Crippen molar-refractivity contribution in [2.24, 2.45) is 0 Å². The van der Waals surface area contributed by atoms with E-state index in [1.165, 1.54) is 0 Å². The zero-order valence-corrected chi connectivity index (χ0v) is 12.3. The predicted octanol–water partition coefficient (Wildman–Crippen LogP) is 3.50. The molecule has 0 unspecified atom stereocenters. The molecule has 1 heterocycles. The van der Waals surface area contributed by atoms with Gasteiger partial charge in [-0.25, -0.2) is 4.98 Å². The van der Waals surface area contributed by atoms with E-state index in [0.717, 1.165) is 22.8 Å². The number of benzene rings is 1. The maximum Gasteiger partial charge on any atom is 0.126 e. The highest BCUT2D eigenvalue weighted by Gasteiger charge is 2.04. The monoisotopic (exact) mass is 292 g/mol. The van der Waals surface area contributed by atoms with Gasteiger partial charge in [0.05, 0.1) is 31.0 Å². The summed E-state index contributed by atoms with van der Waals surface area (Å²) < 4.78 is 10.8. The van der Waals surface area contributed by atoms with Crippen LogP contribution in [-0.2, 0) is 18.0 Å². The molecule has 0 aliphatic heterocycles. The molecule has 0 saturated heterocycles. The zero-order chi connectivity index (χ0) is 14.4. The summed E-state index contributed by atoms with van der Waals surface area (Å²) in [5.41, 5.74) is 1.77. The van der Waals surface area contributed by atoms with Gasteiger partial charge in [-0.1, -0.05) is 23.7 Å². The molecule has 0 atom stereocenters. The number of pyridine rings is 1. The standard InChI is InChI=1S/C15H17ClN2O2/c1-17-15-7-6-13(16)14(18-15)10-20-9-11-4-3-5-12(8-11)19-2/h3-8H,9-10H2,1-2H3,(H,17,18). The average Bonchev–Trinajstić information content (AvgIpc) is 2.49. The molecule has 0 aliphatic carbocycles. The number of hydrogen-bond donors (Lipinski definition) is 1. The topological polar surface area (TPSA) is 43.4 Å². The first-order valence-electron chi connectivity index (χ1n) is 6.27. The van der Waals surface area contributed by atoms with Gasteiger partial charge in [0.15, 0.2) is 0 Å². The lowest BCUT2D eigenvalue weighted by atomic mass is 10.2. The molecule has 20 heavy (non-hydrogen) atoms. The third-order valence-corrected chi connectivity index (χ3v) is 3.16. The van der Waals surface area contributed by atoms with Gasteiger partial charge in [0.2, 0.25) is 0 Å². The van der Waals surface area contributed by atoms with Crippen molar-refractivity contribution in [3.63, 3.8) is 0 Å². The molecule has 0 amide bonds. The van der Waals surface area contributed by atoms with Crippen LogP contribution in [0.2, 0.25) is 5.02 Å². The molecule has 5 heteroatoms. The van der Waals surface area contributed by atoms with Crippen LogP contribution < -0.4 is 10.1 Å². The largest absolute Gasteiger partial charge is 0.497 e. The van der Waals surface area contributed by atoms with Gasteiger partial charge >= 0.3 is 0 Å². The highest BCUT2D eigenvalue weighted by Crippen LogP contribution is 2.18. The van der Waals surface area contributed by atoms with Crippen molar-refractivity contribution < 1.29 is 9.47 Å².